The van der Waals surface area contributed by atoms with Crippen LogP contribution in [-0.2, 0) is 0 Å². The van der Waals surface area contributed by atoms with Gasteiger partial charge in [0, 0.05) is 18.7 Å². The number of rotatable bonds is 5. The number of nitrogens with one attached hydrogen (secondary N) is 1. The second-order valence-electron chi connectivity index (χ2n) is 4.62. The van der Waals surface area contributed by atoms with Gasteiger partial charge in [-0.05, 0) is 32.6 Å². The molecule has 0 spiro atoms. The van der Waals surface area contributed by atoms with Gasteiger partial charge in [0.1, 0.15) is 0 Å². The highest BCUT2D eigenvalue weighted by atomic mass is 16.2. The second kappa shape index (κ2) is 7.24. The lowest BCUT2D eigenvalue weighted by Crippen LogP contribution is -2.36. The van der Waals surface area contributed by atoms with Gasteiger partial charge in [0.15, 0.2) is 0 Å². The Morgan fingerprint density at radius 2 is 1.86 bits per heavy atom. The van der Waals surface area contributed by atoms with Crippen LogP contribution in [0.5, 0.6) is 0 Å². The van der Waals surface area contributed by atoms with Crippen LogP contribution in [0.1, 0.15) is 58.3 Å². The molecule has 0 aromatic carbocycles. The molecule has 0 heterocycles. The van der Waals surface area contributed by atoms with Crippen molar-refractivity contribution >= 4 is 0 Å². The van der Waals surface area contributed by atoms with Crippen molar-refractivity contribution in [2.45, 2.75) is 70.4 Å². The molecule has 1 aliphatic carbocycles. The summed E-state index contributed by atoms with van der Waals surface area (Å²) in [5.74, 6) is 0. The van der Waals surface area contributed by atoms with Gasteiger partial charge in [-0.2, -0.15) is 0 Å². The van der Waals surface area contributed by atoms with E-state index in [4.69, 9.17) is 5.11 Å². The zero-order valence-corrected chi connectivity index (χ0v) is 9.47. The number of hydrogen-bond acceptors (Lipinski definition) is 2. The number of aliphatic hydroxyl groups is 1. The summed E-state index contributed by atoms with van der Waals surface area (Å²) in [6.07, 6.45) is 10.4. The molecule has 0 aromatic heterocycles. The molecule has 1 fully saturated rings. The molecule has 0 amide bonds. The van der Waals surface area contributed by atoms with Crippen LogP contribution in [0.15, 0.2) is 0 Å². The summed E-state index contributed by atoms with van der Waals surface area (Å²) in [5.41, 5.74) is 0. The molecule has 1 saturated carbocycles. The van der Waals surface area contributed by atoms with Gasteiger partial charge in [-0.3, -0.25) is 0 Å². The highest BCUT2D eigenvalue weighted by Crippen LogP contribution is 2.17. The second-order valence-corrected chi connectivity index (χ2v) is 4.62. The van der Waals surface area contributed by atoms with Gasteiger partial charge < -0.3 is 10.4 Å². The maximum atomic E-state index is 8.74. The summed E-state index contributed by atoms with van der Waals surface area (Å²) in [4.78, 5) is 0. The van der Waals surface area contributed by atoms with E-state index in [-0.39, 0.29) is 0 Å². The van der Waals surface area contributed by atoms with E-state index < -0.39 is 0 Å². The lowest BCUT2D eigenvalue weighted by Gasteiger charge is -2.21. The Hall–Kier alpha value is -0.0800. The Morgan fingerprint density at radius 1 is 1.21 bits per heavy atom. The zero-order valence-electron chi connectivity index (χ0n) is 9.47. The molecule has 0 saturated heterocycles. The summed E-state index contributed by atoms with van der Waals surface area (Å²) < 4.78 is 0. The van der Waals surface area contributed by atoms with Gasteiger partial charge in [0.2, 0.25) is 0 Å². The van der Waals surface area contributed by atoms with Gasteiger partial charge in [-0.15, -0.1) is 0 Å². The Balaban J connectivity index is 2.13. The average Bonchev–Trinajstić information content (AvgIpc) is 2.43. The molecule has 84 valence electrons. The van der Waals surface area contributed by atoms with Gasteiger partial charge >= 0.3 is 0 Å². The molecule has 0 unspecified atom stereocenters. The first-order valence-corrected chi connectivity index (χ1v) is 6.20. The minimum atomic E-state index is 0.330. The molecule has 0 aliphatic heterocycles. The molecule has 1 atom stereocenters. The smallest absolute Gasteiger partial charge is 0.0431 e. The summed E-state index contributed by atoms with van der Waals surface area (Å²) in [6, 6.07) is 1.32. The monoisotopic (exact) mass is 199 g/mol. The quantitative estimate of drug-likeness (QED) is 0.667. The van der Waals surface area contributed by atoms with Gasteiger partial charge in [0.25, 0.3) is 0 Å². The summed E-state index contributed by atoms with van der Waals surface area (Å²) >= 11 is 0. The molecule has 0 bridgehead atoms. The largest absolute Gasteiger partial charge is 0.396 e. The predicted molar refractivity (Wildman–Crippen MR) is 60.4 cm³/mol. The maximum absolute atomic E-state index is 8.74. The first-order chi connectivity index (χ1) is 6.83. The normalized spacial score (nSPS) is 21.9. The minimum Gasteiger partial charge on any atom is -0.396 e. The Bertz CT molecular complexity index is 130. The van der Waals surface area contributed by atoms with Crippen LogP contribution < -0.4 is 5.32 Å². The van der Waals surface area contributed by atoms with Crippen molar-refractivity contribution in [3.05, 3.63) is 0 Å². The van der Waals surface area contributed by atoms with Gasteiger partial charge in [-0.1, -0.05) is 25.7 Å². The molecular formula is C12H25NO. The molecular weight excluding hydrogens is 174 g/mol. The van der Waals surface area contributed by atoms with Crippen LogP contribution in [0, 0.1) is 0 Å². The fraction of sp³-hybridized carbons (Fsp3) is 1.00. The van der Waals surface area contributed by atoms with Crippen LogP contribution in [0.3, 0.4) is 0 Å². The van der Waals surface area contributed by atoms with Crippen molar-refractivity contribution in [1.29, 1.82) is 0 Å². The van der Waals surface area contributed by atoms with Crippen molar-refractivity contribution in [3.63, 3.8) is 0 Å². The van der Waals surface area contributed by atoms with Gasteiger partial charge in [0.05, 0.1) is 0 Å². The van der Waals surface area contributed by atoms with Crippen LogP contribution in [0.25, 0.3) is 0 Å². The van der Waals surface area contributed by atoms with E-state index in [0.717, 1.165) is 18.9 Å². The number of aliphatic hydroxyl groups excluding tert-OH is 1. The molecule has 2 heteroatoms. The first-order valence-electron chi connectivity index (χ1n) is 6.20. The number of hydrogen-bond donors (Lipinski definition) is 2. The Morgan fingerprint density at radius 3 is 2.43 bits per heavy atom. The molecule has 0 aromatic rings. The highest BCUT2D eigenvalue weighted by Gasteiger charge is 2.13. The van der Waals surface area contributed by atoms with E-state index in [1.807, 2.05) is 0 Å². The SMILES string of the molecule is C[C@H](CCCO)NC1CCCCCC1. The van der Waals surface area contributed by atoms with Gasteiger partial charge in [-0.25, -0.2) is 0 Å². The minimum absolute atomic E-state index is 0.330. The third-order valence-corrected chi connectivity index (χ3v) is 3.17. The van der Waals surface area contributed by atoms with Crippen molar-refractivity contribution < 1.29 is 5.11 Å². The average molecular weight is 199 g/mol. The lowest BCUT2D eigenvalue weighted by molar-refractivity contribution is 0.272. The Labute approximate surface area is 88.1 Å². The van der Waals surface area contributed by atoms with E-state index >= 15 is 0 Å². The van der Waals surface area contributed by atoms with E-state index in [0.29, 0.717) is 12.6 Å². The van der Waals surface area contributed by atoms with E-state index in [1.54, 1.807) is 0 Å². The fourth-order valence-corrected chi connectivity index (χ4v) is 2.33. The van der Waals surface area contributed by atoms with E-state index in [9.17, 15) is 0 Å². The standard InChI is InChI=1S/C12H25NO/c1-11(7-6-10-14)13-12-8-4-2-3-5-9-12/h11-14H,2-10H2,1H3/t11-/m1/s1. The molecule has 0 radical (unpaired) electrons. The van der Waals surface area contributed by atoms with Crippen molar-refractivity contribution in [2.24, 2.45) is 0 Å². The first kappa shape index (κ1) is 12.0. The molecule has 1 rings (SSSR count). The highest BCUT2D eigenvalue weighted by molar-refractivity contribution is 4.74. The summed E-state index contributed by atoms with van der Waals surface area (Å²) in [6.45, 7) is 2.57. The van der Waals surface area contributed by atoms with Crippen LogP contribution in [-0.4, -0.2) is 23.8 Å². The topological polar surface area (TPSA) is 32.3 Å². The van der Waals surface area contributed by atoms with Crippen LogP contribution in [0.2, 0.25) is 0 Å². The molecule has 2 N–H and O–H groups in total. The van der Waals surface area contributed by atoms with Crippen molar-refractivity contribution in [1.82, 2.24) is 5.32 Å². The molecule has 2 nitrogen and oxygen atoms in total. The van der Waals surface area contributed by atoms with Crippen LogP contribution >= 0.6 is 0 Å². The third-order valence-electron chi connectivity index (χ3n) is 3.17. The lowest BCUT2D eigenvalue weighted by atomic mass is 10.1. The fourth-order valence-electron chi connectivity index (χ4n) is 2.33. The van der Waals surface area contributed by atoms with E-state index in [2.05, 4.69) is 12.2 Å². The predicted octanol–water partition coefficient (Wildman–Crippen LogP) is 2.46. The molecule has 1 aliphatic rings. The maximum Gasteiger partial charge on any atom is 0.0431 e. The molecule has 14 heavy (non-hydrogen) atoms. The van der Waals surface area contributed by atoms with Crippen molar-refractivity contribution in [2.75, 3.05) is 6.61 Å². The third kappa shape index (κ3) is 4.97. The van der Waals surface area contributed by atoms with Crippen LogP contribution in [0.4, 0.5) is 0 Å². The zero-order chi connectivity index (χ0) is 10.2. The van der Waals surface area contributed by atoms with Crippen molar-refractivity contribution in [3.8, 4) is 0 Å². The Kier molecular flexibility index (Phi) is 6.20. The van der Waals surface area contributed by atoms with E-state index in [1.165, 1.54) is 38.5 Å². The summed E-state index contributed by atoms with van der Waals surface area (Å²) in [5, 5.41) is 12.4. The summed E-state index contributed by atoms with van der Waals surface area (Å²) in [7, 11) is 0.